The first kappa shape index (κ1) is 21.4. The molecule has 164 valence electrons. The number of halogens is 5. The fraction of sp³-hybridized carbons (Fsp3) is 0.350. The zero-order valence-corrected chi connectivity index (χ0v) is 17.3. The molecule has 11 heteroatoms. The molecule has 0 atom stereocenters. The van der Waals surface area contributed by atoms with Gasteiger partial charge in [0.2, 0.25) is 0 Å². The Morgan fingerprint density at radius 1 is 1.26 bits per heavy atom. The molecule has 0 spiro atoms. The fourth-order valence-electron chi connectivity index (χ4n) is 3.50. The van der Waals surface area contributed by atoms with Crippen molar-refractivity contribution >= 4 is 23.2 Å². The molecule has 3 aromatic rings. The van der Waals surface area contributed by atoms with E-state index in [1.54, 1.807) is 11.4 Å². The minimum Gasteiger partial charge on any atom is -0.492 e. The van der Waals surface area contributed by atoms with E-state index >= 15 is 0 Å². The predicted molar refractivity (Wildman–Crippen MR) is 104 cm³/mol. The number of aryl methyl sites for hydroxylation is 2. The van der Waals surface area contributed by atoms with Crippen molar-refractivity contribution in [3.63, 3.8) is 0 Å². The molecule has 0 radical (unpaired) electrons. The molecule has 0 bridgehead atoms. The second kappa shape index (κ2) is 7.67. The predicted octanol–water partition coefficient (Wildman–Crippen LogP) is 4.63. The van der Waals surface area contributed by atoms with Crippen LogP contribution >= 0.6 is 11.6 Å². The molecule has 1 amide bonds. The molecule has 0 saturated heterocycles. The number of fused-ring (bicyclic) bond motifs is 3. The largest absolute Gasteiger partial charge is 0.492 e. The van der Waals surface area contributed by atoms with Crippen LogP contribution in [0.15, 0.2) is 18.2 Å². The Morgan fingerprint density at radius 2 is 2.00 bits per heavy atom. The smallest absolute Gasteiger partial charge is 0.392 e. The van der Waals surface area contributed by atoms with Gasteiger partial charge in [0.1, 0.15) is 11.6 Å². The molecule has 0 unspecified atom stereocenters. The van der Waals surface area contributed by atoms with E-state index in [0.717, 1.165) is 23.4 Å². The van der Waals surface area contributed by atoms with Crippen LogP contribution in [-0.2, 0) is 13.1 Å². The average Bonchev–Trinajstić information content (AvgIpc) is 3.24. The van der Waals surface area contributed by atoms with Crippen LogP contribution in [0.25, 0.3) is 5.65 Å². The molecular weight excluding hydrogens is 440 g/mol. The third kappa shape index (κ3) is 4.04. The van der Waals surface area contributed by atoms with Crippen LogP contribution in [0.5, 0.6) is 5.75 Å². The van der Waals surface area contributed by atoms with Gasteiger partial charge in [-0.25, -0.2) is 13.9 Å². The molecule has 0 fully saturated rings. The van der Waals surface area contributed by atoms with Crippen molar-refractivity contribution in [1.82, 2.24) is 19.5 Å². The molecule has 31 heavy (non-hydrogen) atoms. The van der Waals surface area contributed by atoms with Gasteiger partial charge in [-0.05, 0) is 26.0 Å². The van der Waals surface area contributed by atoms with Crippen LogP contribution in [0.1, 0.15) is 39.4 Å². The van der Waals surface area contributed by atoms with Crippen molar-refractivity contribution in [2.24, 2.45) is 0 Å². The lowest BCUT2D eigenvalue weighted by molar-refractivity contribution is -0.139. The van der Waals surface area contributed by atoms with Crippen molar-refractivity contribution in [3.05, 3.63) is 57.2 Å². The highest BCUT2D eigenvalue weighted by Crippen LogP contribution is 2.32. The van der Waals surface area contributed by atoms with Crippen molar-refractivity contribution in [2.75, 3.05) is 6.61 Å². The lowest BCUT2D eigenvalue weighted by atomic mass is 10.1. The van der Waals surface area contributed by atoms with Crippen LogP contribution in [0.2, 0.25) is 5.02 Å². The number of rotatable bonds is 4. The zero-order valence-electron chi connectivity index (χ0n) is 16.6. The number of alkyl halides is 3. The lowest BCUT2D eigenvalue weighted by Crippen LogP contribution is -2.27. The topological polar surface area (TPSA) is 59.7 Å². The van der Waals surface area contributed by atoms with Crippen molar-refractivity contribution in [3.8, 4) is 5.75 Å². The van der Waals surface area contributed by atoms with E-state index in [4.69, 9.17) is 16.3 Å². The molecule has 6 nitrogen and oxygen atoms in total. The van der Waals surface area contributed by atoms with Gasteiger partial charge in [-0.1, -0.05) is 11.6 Å². The highest BCUT2D eigenvalue weighted by Gasteiger charge is 2.32. The Bertz CT molecular complexity index is 1190. The van der Waals surface area contributed by atoms with Gasteiger partial charge in [0, 0.05) is 11.6 Å². The summed E-state index contributed by atoms with van der Waals surface area (Å²) in [5, 5.41) is 5.00. The Hall–Kier alpha value is -2.88. The van der Waals surface area contributed by atoms with Crippen molar-refractivity contribution in [2.45, 2.75) is 39.5 Å². The van der Waals surface area contributed by atoms with Gasteiger partial charge in [0.25, 0.3) is 5.91 Å². The van der Waals surface area contributed by atoms with Gasteiger partial charge < -0.3 is 9.64 Å². The fourth-order valence-corrected chi connectivity index (χ4v) is 3.62. The number of hydrogen-bond donors (Lipinski definition) is 0. The monoisotopic (exact) mass is 456 g/mol. The van der Waals surface area contributed by atoms with Crippen LogP contribution in [0.3, 0.4) is 0 Å². The molecular formula is C20H17ClF4N4O2. The molecule has 4 rings (SSSR count). The van der Waals surface area contributed by atoms with E-state index in [1.165, 1.54) is 11.0 Å². The number of hydrogen-bond acceptors (Lipinski definition) is 4. The maximum atomic E-state index is 13.6. The highest BCUT2D eigenvalue weighted by molar-refractivity contribution is 6.31. The normalized spacial score (nSPS) is 13.7. The number of carbonyl (C=O) groups is 1. The van der Waals surface area contributed by atoms with E-state index in [9.17, 15) is 22.4 Å². The summed E-state index contributed by atoms with van der Waals surface area (Å²) in [7, 11) is 0. The standard InChI is InChI=1S/C20H17ClF4N4O2/c1-10-17(21)11(2)29-18(26-10)14-8-28(9-15(14)27-29)19(30)13-4-3-12(22)7-16(13)31-6-5-20(23,24)25/h3-4,7H,5-6,8-9H2,1-2H3. The quantitative estimate of drug-likeness (QED) is 0.537. The lowest BCUT2D eigenvalue weighted by Gasteiger charge is -2.19. The molecule has 2 aromatic heterocycles. The highest BCUT2D eigenvalue weighted by atomic mass is 35.5. The van der Waals surface area contributed by atoms with Gasteiger partial charge in [-0.3, -0.25) is 4.79 Å². The maximum Gasteiger partial charge on any atom is 0.392 e. The van der Waals surface area contributed by atoms with Crippen LogP contribution in [0.4, 0.5) is 17.6 Å². The van der Waals surface area contributed by atoms with Crippen LogP contribution in [0, 0.1) is 19.7 Å². The third-order valence-corrected chi connectivity index (χ3v) is 5.61. The Morgan fingerprint density at radius 3 is 2.71 bits per heavy atom. The van der Waals surface area contributed by atoms with Gasteiger partial charge >= 0.3 is 6.18 Å². The molecule has 0 N–H and O–H groups in total. The number of carbonyl (C=O) groups excluding carboxylic acids is 1. The SMILES string of the molecule is Cc1nc2c3c(nn2c(C)c1Cl)CN(C(=O)c1ccc(F)cc1OCCC(F)(F)F)C3. The molecule has 0 aliphatic carbocycles. The molecule has 1 aromatic carbocycles. The van der Waals surface area contributed by atoms with E-state index in [0.29, 0.717) is 22.1 Å². The number of ether oxygens (including phenoxy) is 1. The van der Waals surface area contributed by atoms with E-state index in [1.807, 2.05) is 6.92 Å². The Balaban J connectivity index is 1.59. The average molecular weight is 457 g/mol. The van der Waals surface area contributed by atoms with E-state index in [2.05, 4.69) is 10.1 Å². The van der Waals surface area contributed by atoms with Crippen LogP contribution in [-0.4, -0.2) is 38.2 Å². The second-order valence-corrected chi connectivity index (χ2v) is 7.65. The third-order valence-electron chi connectivity index (χ3n) is 5.06. The Kier molecular flexibility index (Phi) is 5.28. The number of benzene rings is 1. The van der Waals surface area contributed by atoms with Crippen LogP contribution < -0.4 is 4.74 Å². The first-order chi connectivity index (χ1) is 14.5. The number of nitrogens with zero attached hydrogens (tertiary/aromatic N) is 4. The van der Waals surface area contributed by atoms with E-state index in [-0.39, 0.29) is 24.4 Å². The van der Waals surface area contributed by atoms with E-state index < -0.39 is 30.9 Å². The first-order valence-corrected chi connectivity index (χ1v) is 9.74. The summed E-state index contributed by atoms with van der Waals surface area (Å²) in [6.07, 6.45) is -5.63. The van der Waals surface area contributed by atoms with Crippen molar-refractivity contribution in [1.29, 1.82) is 0 Å². The van der Waals surface area contributed by atoms with Crippen molar-refractivity contribution < 1.29 is 27.1 Å². The molecule has 0 saturated carbocycles. The first-order valence-electron chi connectivity index (χ1n) is 9.36. The van der Waals surface area contributed by atoms with Gasteiger partial charge in [-0.15, -0.1) is 0 Å². The summed E-state index contributed by atoms with van der Waals surface area (Å²) in [4.78, 5) is 19.0. The second-order valence-electron chi connectivity index (χ2n) is 7.27. The summed E-state index contributed by atoms with van der Waals surface area (Å²) < 4.78 is 57.6. The Labute approximate surface area is 179 Å². The van der Waals surface area contributed by atoms with Gasteiger partial charge in [0.05, 0.1) is 53.8 Å². The minimum atomic E-state index is -4.42. The van der Waals surface area contributed by atoms with Gasteiger partial charge in [0.15, 0.2) is 5.65 Å². The summed E-state index contributed by atoms with van der Waals surface area (Å²) in [5.41, 5.74) is 3.35. The zero-order chi connectivity index (χ0) is 22.5. The summed E-state index contributed by atoms with van der Waals surface area (Å²) >= 11 is 6.24. The van der Waals surface area contributed by atoms with Gasteiger partial charge in [-0.2, -0.15) is 18.3 Å². The summed E-state index contributed by atoms with van der Waals surface area (Å²) in [6.45, 7) is 3.25. The molecule has 1 aliphatic heterocycles. The molecule has 1 aliphatic rings. The number of amides is 1. The number of aromatic nitrogens is 3. The molecule has 3 heterocycles. The summed E-state index contributed by atoms with van der Waals surface area (Å²) in [5.74, 6) is -1.45. The maximum absolute atomic E-state index is 13.6. The minimum absolute atomic E-state index is 0.0194. The summed E-state index contributed by atoms with van der Waals surface area (Å²) in [6, 6.07) is 3.18.